The molecule has 2 N–H and O–H groups in total. The molecule has 0 amide bonds. The van der Waals surface area contributed by atoms with Gasteiger partial charge in [-0.25, -0.2) is 0 Å². The maximum Gasteiger partial charge on any atom is 0.118 e. The number of benzene rings is 3. The van der Waals surface area contributed by atoms with Crippen molar-refractivity contribution in [1.82, 2.24) is 0 Å². The van der Waals surface area contributed by atoms with Gasteiger partial charge in [0.2, 0.25) is 0 Å². The Hall–Kier alpha value is -3.80. The second-order valence-electron chi connectivity index (χ2n) is 6.98. The predicted octanol–water partition coefficient (Wildman–Crippen LogP) is 4.35. The Morgan fingerprint density at radius 3 is 2.07 bits per heavy atom. The predicted molar refractivity (Wildman–Crippen MR) is 121 cm³/mol. The van der Waals surface area contributed by atoms with Crippen LogP contribution in [0.2, 0.25) is 0 Å². The van der Waals surface area contributed by atoms with E-state index < -0.39 is 0 Å². The number of nitrogens with zero attached hydrogens (tertiary/aromatic N) is 3. The monoisotopic (exact) mass is 400 g/mol. The van der Waals surface area contributed by atoms with Crippen LogP contribution in [0.25, 0.3) is 0 Å². The van der Waals surface area contributed by atoms with Crippen LogP contribution in [0.5, 0.6) is 11.5 Å². The lowest BCUT2D eigenvalue weighted by atomic mass is 9.98. The lowest BCUT2D eigenvalue weighted by Gasteiger charge is -2.24. The average molecular weight is 400 g/mol. The third-order valence-electron chi connectivity index (χ3n) is 5.22. The molecule has 1 unspecified atom stereocenters. The Balaban J connectivity index is 1.70. The summed E-state index contributed by atoms with van der Waals surface area (Å²) in [6.07, 6.45) is 2.42. The van der Waals surface area contributed by atoms with Crippen LogP contribution in [0.4, 0.5) is 5.69 Å². The van der Waals surface area contributed by atoms with Gasteiger partial charge in [0.25, 0.3) is 0 Å². The zero-order valence-corrected chi connectivity index (χ0v) is 17.0. The molecule has 1 atom stereocenters. The van der Waals surface area contributed by atoms with Gasteiger partial charge in [-0.1, -0.05) is 24.3 Å². The summed E-state index contributed by atoms with van der Waals surface area (Å²) in [4.78, 5) is 0. The molecule has 6 heteroatoms. The minimum Gasteiger partial charge on any atom is -0.497 e. The number of hydrogen-bond acceptors (Lipinski definition) is 6. The molecule has 4 rings (SSSR count). The lowest BCUT2D eigenvalue weighted by molar-refractivity contribution is 0.414. The third-order valence-corrected chi connectivity index (χ3v) is 5.22. The summed E-state index contributed by atoms with van der Waals surface area (Å²) < 4.78 is 10.6. The van der Waals surface area contributed by atoms with Gasteiger partial charge in [-0.05, 0) is 65.2 Å². The highest BCUT2D eigenvalue weighted by atomic mass is 16.5. The molecule has 30 heavy (non-hydrogen) atoms. The number of rotatable bonds is 6. The van der Waals surface area contributed by atoms with Crippen molar-refractivity contribution in [2.45, 2.75) is 12.5 Å². The highest BCUT2D eigenvalue weighted by Gasteiger charge is 2.30. The molecule has 1 heterocycles. The van der Waals surface area contributed by atoms with Crippen LogP contribution in [0, 0.1) is 0 Å². The highest BCUT2D eigenvalue weighted by Crippen LogP contribution is 2.37. The number of hydrogen-bond donors (Lipinski definition) is 1. The van der Waals surface area contributed by atoms with Crippen LogP contribution in [0.15, 0.2) is 83.0 Å². The number of methoxy groups -OCH3 is 2. The first-order chi connectivity index (χ1) is 14.7. The molecule has 0 saturated carbocycles. The molecular formula is C24H24N4O2. The van der Waals surface area contributed by atoms with E-state index in [-0.39, 0.29) is 6.04 Å². The SMILES string of the molecule is COc1ccc(C2=NN(c3ccc(/C=N/N)cc3)C(c3ccc(OC)cc3)C2)cc1. The van der Waals surface area contributed by atoms with Gasteiger partial charge in [-0.3, -0.25) is 5.01 Å². The van der Waals surface area contributed by atoms with Crippen LogP contribution in [-0.4, -0.2) is 26.1 Å². The van der Waals surface area contributed by atoms with Gasteiger partial charge in [0.05, 0.1) is 37.9 Å². The fraction of sp³-hybridized carbons (Fsp3) is 0.167. The largest absolute Gasteiger partial charge is 0.497 e. The van der Waals surface area contributed by atoms with Crippen molar-refractivity contribution in [1.29, 1.82) is 0 Å². The highest BCUT2D eigenvalue weighted by molar-refractivity contribution is 6.03. The molecule has 152 valence electrons. The molecule has 3 aromatic rings. The van der Waals surface area contributed by atoms with Gasteiger partial charge in [-0.2, -0.15) is 10.2 Å². The molecule has 0 saturated heterocycles. The molecule has 1 aliphatic heterocycles. The standard InChI is InChI=1S/C24H24N4O2/c1-29-21-11-5-18(6-12-21)23-15-24(19-7-13-22(30-2)14-8-19)28(27-23)20-9-3-17(4-10-20)16-26-25/h3-14,16,24H,15,25H2,1-2H3/b26-16+. The molecular weight excluding hydrogens is 376 g/mol. The topological polar surface area (TPSA) is 72.4 Å². The molecule has 1 aliphatic rings. The van der Waals surface area contributed by atoms with Gasteiger partial charge in [-0.15, -0.1) is 0 Å². The maximum absolute atomic E-state index is 5.32. The number of ether oxygens (including phenoxy) is 2. The van der Waals surface area contributed by atoms with Gasteiger partial charge in [0.15, 0.2) is 0 Å². The minimum atomic E-state index is 0.0852. The van der Waals surface area contributed by atoms with E-state index in [0.29, 0.717) is 0 Å². The Labute approximate surface area is 176 Å². The summed E-state index contributed by atoms with van der Waals surface area (Å²) in [7, 11) is 3.34. The summed E-state index contributed by atoms with van der Waals surface area (Å²) >= 11 is 0. The van der Waals surface area contributed by atoms with Crippen LogP contribution < -0.4 is 20.3 Å². The van der Waals surface area contributed by atoms with Crippen LogP contribution >= 0.6 is 0 Å². The number of hydrazone groups is 2. The van der Waals surface area contributed by atoms with E-state index in [1.165, 1.54) is 5.56 Å². The fourth-order valence-corrected chi connectivity index (χ4v) is 3.59. The molecule has 0 aliphatic carbocycles. The first-order valence-corrected chi connectivity index (χ1v) is 9.70. The first kappa shape index (κ1) is 19.5. The Morgan fingerprint density at radius 1 is 0.900 bits per heavy atom. The molecule has 6 nitrogen and oxygen atoms in total. The Bertz CT molecular complexity index is 1040. The number of anilines is 1. The molecule has 0 radical (unpaired) electrons. The molecule has 0 spiro atoms. The van der Waals surface area contributed by atoms with Gasteiger partial charge in [0, 0.05) is 6.42 Å². The van der Waals surface area contributed by atoms with Crippen molar-refractivity contribution in [2.75, 3.05) is 19.2 Å². The summed E-state index contributed by atoms with van der Waals surface area (Å²) in [5.41, 5.74) is 5.25. The van der Waals surface area contributed by atoms with Crippen molar-refractivity contribution < 1.29 is 9.47 Å². The minimum absolute atomic E-state index is 0.0852. The molecule has 0 aromatic heterocycles. The normalized spacial score (nSPS) is 16.0. The second kappa shape index (κ2) is 8.69. The molecule has 0 bridgehead atoms. The molecule has 0 fully saturated rings. The summed E-state index contributed by atoms with van der Waals surface area (Å²) in [6.45, 7) is 0. The Kier molecular flexibility index (Phi) is 5.66. The van der Waals surface area contributed by atoms with Crippen LogP contribution in [-0.2, 0) is 0 Å². The van der Waals surface area contributed by atoms with Gasteiger partial charge in [0.1, 0.15) is 11.5 Å². The quantitative estimate of drug-likeness (QED) is 0.379. The number of nitrogens with two attached hydrogens (primary N) is 1. The van der Waals surface area contributed by atoms with E-state index >= 15 is 0 Å². The van der Waals surface area contributed by atoms with E-state index in [9.17, 15) is 0 Å². The van der Waals surface area contributed by atoms with E-state index in [4.69, 9.17) is 20.4 Å². The average Bonchev–Trinajstić information content (AvgIpc) is 3.25. The van der Waals surface area contributed by atoms with Crippen molar-refractivity contribution in [3.05, 3.63) is 89.5 Å². The van der Waals surface area contributed by atoms with E-state index in [2.05, 4.69) is 22.2 Å². The smallest absolute Gasteiger partial charge is 0.118 e. The third kappa shape index (κ3) is 3.98. The van der Waals surface area contributed by atoms with Gasteiger partial charge >= 0.3 is 0 Å². The van der Waals surface area contributed by atoms with Crippen molar-refractivity contribution >= 4 is 17.6 Å². The zero-order valence-electron chi connectivity index (χ0n) is 17.0. The summed E-state index contributed by atoms with van der Waals surface area (Å²) in [6, 6.07) is 24.3. The zero-order chi connectivity index (χ0) is 20.9. The van der Waals surface area contributed by atoms with Gasteiger partial charge < -0.3 is 15.3 Å². The first-order valence-electron chi connectivity index (χ1n) is 9.70. The van der Waals surface area contributed by atoms with E-state index in [1.54, 1.807) is 20.4 Å². The fourth-order valence-electron chi connectivity index (χ4n) is 3.59. The van der Waals surface area contributed by atoms with Crippen LogP contribution in [0.3, 0.4) is 0 Å². The van der Waals surface area contributed by atoms with E-state index in [1.807, 2.05) is 60.7 Å². The summed E-state index contributed by atoms with van der Waals surface area (Å²) in [5, 5.41) is 10.6. The second-order valence-corrected chi connectivity index (χ2v) is 6.98. The summed E-state index contributed by atoms with van der Waals surface area (Å²) in [5.74, 6) is 6.93. The maximum atomic E-state index is 5.32. The molecule has 3 aromatic carbocycles. The van der Waals surface area contributed by atoms with Crippen LogP contribution in [0.1, 0.15) is 29.2 Å². The van der Waals surface area contributed by atoms with Crippen molar-refractivity contribution in [2.24, 2.45) is 16.0 Å². The van der Waals surface area contributed by atoms with Crippen molar-refractivity contribution in [3.63, 3.8) is 0 Å². The van der Waals surface area contributed by atoms with E-state index in [0.717, 1.165) is 40.4 Å². The van der Waals surface area contributed by atoms with Crippen molar-refractivity contribution in [3.8, 4) is 11.5 Å². The lowest BCUT2D eigenvalue weighted by Crippen LogP contribution is -2.18. The Morgan fingerprint density at radius 2 is 1.50 bits per heavy atom.